The molecular weight excluding hydrogens is 583 g/mol. The number of thiophene rings is 1. The molecule has 0 bridgehead atoms. The van der Waals surface area contributed by atoms with Gasteiger partial charge in [0.2, 0.25) is 0 Å². The van der Waals surface area contributed by atoms with E-state index < -0.39 is 0 Å². The Balaban J connectivity index is 0.000000314. The predicted octanol–water partition coefficient (Wildman–Crippen LogP) is 7.44. The van der Waals surface area contributed by atoms with E-state index in [1.807, 2.05) is 53.7 Å². The molecule has 2 aromatic heterocycles. The monoisotopic (exact) mass is 616 g/mol. The van der Waals surface area contributed by atoms with Crippen molar-refractivity contribution in [2.45, 2.75) is 55.4 Å². The molecule has 1 radical (unpaired) electrons. The van der Waals surface area contributed by atoms with Gasteiger partial charge in [-0.15, -0.1) is 0 Å². The molecule has 0 saturated heterocycles. The predicted molar refractivity (Wildman–Crippen MR) is 130 cm³/mol. The van der Waals surface area contributed by atoms with Gasteiger partial charge in [0.25, 0.3) is 0 Å². The number of aliphatic hydroxyl groups excluding tert-OH is 1. The van der Waals surface area contributed by atoms with Crippen LogP contribution in [0.15, 0.2) is 48.2 Å². The molecule has 3 aromatic rings. The zero-order valence-electron chi connectivity index (χ0n) is 19.6. The second kappa shape index (κ2) is 10.7. The molecule has 3 nitrogen and oxygen atoms in total. The van der Waals surface area contributed by atoms with Crippen molar-refractivity contribution in [1.29, 1.82) is 0 Å². The summed E-state index contributed by atoms with van der Waals surface area (Å²) >= 11 is 1.74. The molecule has 169 valence electrons. The summed E-state index contributed by atoms with van der Waals surface area (Å²) in [5.41, 5.74) is 2.74. The molecule has 0 amide bonds. The molecule has 3 rings (SSSR count). The van der Waals surface area contributed by atoms with Gasteiger partial charge in [-0.2, -0.15) is 12.1 Å². The zero-order valence-corrected chi connectivity index (χ0v) is 22.8. The second-order valence-corrected chi connectivity index (χ2v) is 10.8. The number of para-hydroxylation sites is 1. The minimum Gasteiger partial charge on any atom is -0.511 e. The summed E-state index contributed by atoms with van der Waals surface area (Å²) in [5, 5.41) is 10.8. The van der Waals surface area contributed by atoms with Gasteiger partial charge in [0.05, 0.1) is 17.0 Å². The molecule has 0 aliphatic carbocycles. The number of pyridine rings is 1. The molecule has 2 N–H and O–H groups in total. The Bertz CT molecular complexity index is 1070. The van der Waals surface area contributed by atoms with Gasteiger partial charge in [-0.25, -0.2) is 11.3 Å². The Kier molecular flexibility index (Phi) is 9.37. The van der Waals surface area contributed by atoms with Gasteiger partial charge in [0, 0.05) is 30.9 Å². The Labute approximate surface area is 204 Å². The number of aliphatic hydroxyl groups is 1. The maximum absolute atomic E-state index is 9.60. The average molecular weight is 616 g/mol. The molecule has 0 atom stereocenters. The van der Waals surface area contributed by atoms with Crippen LogP contribution >= 0.6 is 11.3 Å². The zero-order chi connectivity index (χ0) is 22.7. The van der Waals surface area contributed by atoms with Crippen molar-refractivity contribution in [3.8, 4) is 10.6 Å². The number of hydrogen-bond donors (Lipinski definition) is 1. The van der Waals surface area contributed by atoms with Crippen LogP contribution in [0.1, 0.15) is 52.0 Å². The number of allylic oxidation sites excluding steroid dienone is 2. The van der Waals surface area contributed by atoms with E-state index in [1.165, 1.54) is 21.9 Å². The van der Waals surface area contributed by atoms with Crippen molar-refractivity contribution < 1.29 is 30.0 Å². The van der Waals surface area contributed by atoms with Gasteiger partial charge < -0.3 is 10.1 Å². The molecule has 0 aliphatic heterocycles. The van der Waals surface area contributed by atoms with Gasteiger partial charge in [-0.1, -0.05) is 67.3 Å². The first-order chi connectivity index (χ1) is 13.8. The number of rotatable bonds is 2. The van der Waals surface area contributed by atoms with Crippen LogP contribution in [-0.2, 0) is 20.1 Å². The first kappa shape index (κ1) is 27.2. The van der Waals surface area contributed by atoms with Crippen molar-refractivity contribution >= 4 is 28.0 Å². The molecule has 0 saturated carbocycles. The topological polar surface area (TPSA) is 54.5 Å². The molecule has 0 fully saturated rings. The molecule has 31 heavy (non-hydrogen) atoms. The Hall–Kier alpha value is -1.81. The fourth-order valence-corrected chi connectivity index (χ4v) is 3.31. The minimum atomic E-state index is -0.306. The van der Waals surface area contributed by atoms with Gasteiger partial charge in [0.15, 0.2) is 0 Å². The fourth-order valence-electron chi connectivity index (χ4n) is 2.54. The Morgan fingerprint density at radius 1 is 1.06 bits per heavy atom. The first-order valence-electron chi connectivity index (χ1n) is 10.1. The number of hydrogen-bond acceptors (Lipinski definition) is 3. The van der Waals surface area contributed by atoms with Crippen LogP contribution in [0.25, 0.3) is 21.5 Å². The maximum Gasteiger partial charge on any atom is 0.325 e. The smallest absolute Gasteiger partial charge is 0.325 e. The normalized spacial score (nSPS) is 12.1. The van der Waals surface area contributed by atoms with Crippen molar-refractivity contribution in [3.05, 3.63) is 64.7 Å². The van der Waals surface area contributed by atoms with Gasteiger partial charge >= 0.3 is 5.78 Å². The minimum absolute atomic E-state index is 0. The molecule has 0 aliphatic rings. The van der Waals surface area contributed by atoms with E-state index in [0.717, 1.165) is 16.1 Å². The quantitative estimate of drug-likeness (QED) is 0.141. The van der Waals surface area contributed by atoms with Crippen LogP contribution < -0.4 is 0 Å². The third-order valence-corrected chi connectivity index (χ3v) is 5.61. The molecule has 1 aromatic carbocycles. The summed E-state index contributed by atoms with van der Waals surface area (Å²) in [6.07, 6.45) is 1.44. The summed E-state index contributed by atoms with van der Waals surface area (Å²) in [5.74, 6) is 0.417. The average Bonchev–Trinajstić information content (AvgIpc) is 3.07. The molecule has 0 unspecified atom stereocenters. The standard InChI is InChI=1S/C15H12NS.C11H20O2.Ir/c1-10-9-14(15-8-7-11(2)17-15)16-13-6-4-3-5-12(10)13;1-10(2,3)8(12)7-9(13)11(4,5)6;/h3-7,9H,1-2H3;7,12H,1-6H3;/q-1;;/p+1. The van der Waals surface area contributed by atoms with E-state index in [-0.39, 0.29) is 42.5 Å². The van der Waals surface area contributed by atoms with E-state index >= 15 is 0 Å². The largest absolute Gasteiger partial charge is 0.511 e. The van der Waals surface area contributed by atoms with E-state index in [2.05, 4.69) is 44.2 Å². The molecule has 0 spiro atoms. The number of ketones is 1. The van der Waals surface area contributed by atoms with Crippen molar-refractivity contribution in [2.75, 3.05) is 0 Å². The first-order valence-corrected chi connectivity index (χ1v) is 10.9. The van der Waals surface area contributed by atoms with Crippen LogP contribution in [0.5, 0.6) is 0 Å². The van der Waals surface area contributed by atoms with Crippen LogP contribution in [-0.4, -0.2) is 20.7 Å². The van der Waals surface area contributed by atoms with E-state index in [0.29, 0.717) is 0 Å². The van der Waals surface area contributed by atoms with Gasteiger partial charge in [0.1, 0.15) is 5.76 Å². The van der Waals surface area contributed by atoms with E-state index in [9.17, 15) is 9.90 Å². The van der Waals surface area contributed by atoms with E-state index in [1.54, 1.807) is 11.3 Å². The third kappa shape index (κ3) is 7.68. The van der Waals surface area contributed by atoms with Crippen LogP contribution in [0.3, 0.4) is 0 Å². The maximum atomic E-state index is 9.60. The number of carbonyl (C=O) groups excluding carboxylic acids is 1. The number of aryl methyl sites for hydroxylation is 2. The summed E-state index contributed by atoms with van der Waals surface area (Å²) in [7, 11) is 0. The van der Waals surface area contributed by atoms with Crippen molar-refractivity contribution in [3.63, 3.8) is 0 Å². The second-order valence-electron chi connectivity index (χ2n) is 9.59. The number of nitrogens with zero attached hydrogens (tertiary/aromatic N) is 1. The number of aromatic nitrogens is 1. The molecule has 5 heteroatoms. The van der Waals surface area contributed by atoms with Crippen molar-refractivity contribution in [1.82, 2.24) is 4.98 Å². The summed E-state index contributed by atoms with van der Waals surface area (Å²) < 4.78 is 0. The summed E-state index contributed by atoms with van der Waals surface area (Å²) in [4.78, 5) is 16.7. The van der Waals surface area contributed by atoms with E-state index in [4.69, 9.17) is 4.98 Å². The fraction of sp³-hybridized carbons (Fsp3) is 0.385. The van der Waals surface area contributed by atoms with Gasteiger partial charge in [-0.3, -0.25) is 4.79 Å². The van der Waals surface area contributed by atoms with Crippen LogP contribution in [0, 0.1) is 30.7 Å². The van der Waals surface area contributed by atoms with Gasteiger partial charge in [-0.05, 0) is 39.5 Å². The SMILES string of the molecule is CC(C)(C)C(=[OH+])C=C(O)C(C)(C)C.Cc1c[c-]c(-c2cc(C)c3ccccc3n2)s1.[Ir]. The Morgan fingerprint density at radius 3 is 2.19 bits per heavy atom. The van der Waals surface area contributed by atoms with Crippen LogP contribution in [0.2, 0.25) is 0 Å². The molecular formula is C26H33IrNO2S. The summed E-state index contributed by atoms with van der Waals surface area (Å²) in [6.45, 7) is 15.6. The number of benzene rings is 1. The number of fused-ring (bicyclic) bond motifs is 1. The molecule has 2 heterocycles. The third-order valence-electron chi connectivity index (χ3n) is 4.64. The summed E-state index contributed by atoms with van der Waals surface area (Å²) in [6, 6.07) is 15.7. The Morgan fingerprint density at radius 2 is 1.68 bits per heavy atom. The van der Waals surface area contributed by atoms with Crippen LogP contribution in [0.4, 0.5) is 0 Å². The van der Waals surface area contributed by atoms with Crippen molar-refractivity contribution in [2.24, 2.45) is 10.8 Å².